The molecule has 0 radical (unpaired) electrons. The molecule has 29 heavy (non-hydrogen) atoms. The number of aliphatic hydroxyl groups is 1. The van der Waals surface area contributed by atoms with Gasteiger partial charge in [0.05, 0.1) is 28.0 Å². The van der Waals surface area contributed by atoms with Crippen molar-refractivity contribution in [3.8, 4) is 0 Å². The number of nitrogens with one attached hydrogen (secondary N) is 2. The van der Waals surface area contributed by atoms with Crippen LogP contribution in [-0.4, -0.2) is 58.8 Å². The monoisotopic (exact) mass is 423 g/mol. The fourth-order valence-corrected chi connectivity index (χ4v) is 6.98. The van der Waals surface area contributed by atoms with E-state index in [-0.39, 0.29) is 34.7 Å². The predicted octanol–water partition coefficient (Wildman–Crippen LogP) is 3.56. The second-order valence-corrected chi connectivity index (χ2v) is 11.2. The molecule has 3 rings (SSSR count). The molecular weight excluding hydrogens is 382 g/mol. The normalized spacial score (nSPS) is 48.1. The van der Waals surface area contributed by atoms with E-state index in [0.29, 0.717) is 11.8 Å². The van der Waals surface area contributed by atoms with Crippen LogP contribution in [0.5, 0.6) is 0 Å². The summed E-state index contributed by atoms with van der Waals surface area (Å²) in [4.78, 5) is 4.67. The van der Waals surface area contributed by atoms with Crippen LogP contribution in [0.4, 0.5) is 0 Å². The molecule has 8 atom stereocenters. The van der Waals surface area contributed by atoms with E-state index in [1.807, 2.05) is 21.0 Å². The minimum absolute atomic E-state index is 0.0166. The average Bonchev–Trinajstić information content (AvgIpc) is 3.05. The van der Waals surface area contributed by atoms with Gasteiger partial charge in [0.1, 0.15) is 0 Å². The number of rotatable bonds is 5. The summed E-state index contributed by atoms with van der Waals surface area (Å²) in [5, 5.41) is 20.9. The average molecular weight is 424 g/mol. The van der Waals surface area contributed by atoms with Gasteiger partial charge in [0.2, 0.25) is 0 Å². The number of fused-ring (bicyclic) bond motifs is 1. The van der Waals surface area contributed by atoms with Crippen molar-refractivity contribution in [2.75, 3.05) is 14.1 Å². The van der Waals surface area contributed by atoms with E-state index < -0.39 is 5.60 Å². The molecule has 1 heterocycles. The van der Waals surface area contributed by atoms with Gasteiger partial charge in [0, 0.05) is 11.6 Å². The molecule has 8 unspecified atom stereocenters. The summed E-state index contributed by atoms with van der Waals surface area (Å²) in [6.07, 6.45) is 6.10. The zero-order valence-corrected chi connectivity index (χ0v) is 20.2. The molecule has 1 saturated heterocycles. The van der Waals surface area contributed by atoms with Crippen molar-refractivity contribution in [2.24, 2.45) is 22.7 Å². The van der Waals surface area contributed by atoms with Gasteiger partial charge >= 0.3 is 0 Å². The zero-order chi connectivity index (χ0) is 21.7. The highest BCUT2D eigenvalue weighted by Crippen LogP contribution is 2.57. The van der Waals surface area contributed by atoms with Gasteiger partial charge in [0.15, 0.2) is 0 Å². The van der Waals surface area contributed by atoms with Crippen LogP contribution >= 0.6 is 12.2 Å². The van der Waals surface area contributed by atoms with Gasteiger partial charge in [-0.2, -0.15) is 0 Å². The van der Waals surface area contributed by atoms with E-state index in [0.717, 1.165) is 38.5 Å². The van der Waals surface area contributed by atoms with Crippen molar-refractivity contribution in [2.45, 2.75) is 108 Å². The lowest BCUT2D eigenvalue weighted by Crippen LogP contribution is -2.66. The topological polar surface area (TPSA) is 65.9 Å². The van der Waals surface area contributed by atoms with Gasteiger partial charge in [-0.25, -0.2) is 4.99 Å². The van der Waals surface area contributed by atoms with E-state index in [1.54, 1.807) is 0 Å². The number of hydrogen-bond donors (Lipinski definition) is 3. The van der Waals surface area contributed by atoms with E-state index in [1.165, 1.54) is 0 Å². The van der Waals surface area contributed by atoms with Gasteiger partial charge in [-0.15, -0.1) is 0 Å². The van der Waals surface area contributed by atoms with Gasteiger partial charge < -0.3 is 20.5 Å². The Morgan fingerprint density at radius 3 is 2.31 bits per heavy atom. The molecule has 3 N–H and O–H groups in total. The standard InChI is InChI=1S/C23H41N3O2S/c1-20(2,25-7)17-10-13-23(5,28-17)16-8-11-21(3,26-14-29)15-9-12-22(4,27)19(24-6)18(15)16/h15-19,24-25,27H,8-13H2,1-7H3. The maximum atomic E-state index is 11.3. The molecule has 0 aromatic carbocycles. The van der Waals surface area contributed by atoms with Gasteiger partial charge in [-0.3, -0.25) is 0 Å². The van der Waals surface area contributed by atoms with Crippen LogP contribution < -0.4 is 10.6 Å². The first-order valence-electron chi connectivity index (χ1n) is 11.3. The maximum Gasteiger partial charge on any atom is 0.0775 e. The first kappa shape index (κ1) is 23.3. The molecule has 0 aromatic rings. The Bertz CT molecular complexity index is 663. The largest absolute Gasteiger partial charge is 0.389 e. The molecule has 166 valence electrons. The number of nitrogens with zero attached hydrogens (tertiary/aromatic N) is 1. The molecule has 5 nitrogen and oxygen atoms in total. The van der Waals surface area contributed by atoms with Crippen LogP contribution in [0.25, 0.3) is 0 Å². The molecule has 3 fully saturated rings. The molecule has 0 aromatic heterocycles. The summed E-state index contributed by atoms with van der Waals surface area (Å²) in [6.45, 7) is 11.0. The third-order valence-corrected chi connectivity index (χ3v) is 8.96. The molecule has 0 spiro atoms. The molecule has 0 bridgehead atoms. The van der Waals surface area contributed by atoms with Crippen molar-refractivity contribution in [3.05, 3.63) is 0 Å². The van der Waals surface area contributed by atoms with Gasteiger partial charge in [-0.05, 0) is 117 Å². The first-order valence-corrected chi connectivity index (χ1v) is 11.7. The smallest absolute Gasteiger partial charge is 0.0775 e. The van der Waals surface area contributed by atoms with Crippen LogP contribution in [0.15, 0.2) is 4.99 Å². The summed E-state index contributed by atoms with van der Waals surface area (Å²) >= 11 is 5.02. The lowest BCUT2D eigenvalue weighted by molar-refractivity contribution is -0.163. The minimum Gasteiger partial charge on any atom is -0.389 e. The Labute approximate surface area is 182 Å². The second-order valence-electron chi connectivity index (χ2n) is 11.0. The lowest BCUT2D eigenvalue weighted by Gasteiger charge is -2.59. The molecule has 2 saturated carbocycles. The van der Waals surface area contributed by atoms with Crippen LogP contribution in [0.3, 0.4) is 0 Å². The number of thiocarbonyl (C=S) groups is 1. The Balaban J connectivity index is 1.98. The fraction of sp³-hybridized carbons (Fsp3) is 0.957. The molecule has 6 heteroatoms. The highest BCUT2D eigenvalue weighted by atomic mass is 32.1. The summed E-state index contributed by atoms with van der Waals surface area (Å²) in [6, 6.07) is 0.0166. The van der Waals surface area contributed by atoms with Gasteiger partial charge in [-0.1, -0.05) is 0 Å². The molecular formula is C23H41N3O2S. The summed E-state index contributed by atoms with van der Waals surface area (Å²) in [5.41, 5.74) is -1.17. The third kappa shape index (κ3) is 3.97. The number of aliphatic imine (C=N–C) groups is 1. The van der Waals surface area contributed by atoms with E-state index in [9.17, 15) is 5.11 Å². The highest BCUT2D eigenvalue weighted by Gasteiger charge is 2.61. The Morgan fingerprint density at radius 2 is 1.72 bits per heavy atom. The van der Waals surface area contributed by atoms with Crippen LogP contribution in [0, 0.1) is 17.8 Å². The van der Waals surface area contributed by atoms with Crippen molar-refractivity contribution >= 4 is 17.4 Å². The number of ether oxygens (including phenoxy) is 1. The highest BCUT2D eigenvalue weighted by molar-refractivity contribution is 7.78. The van der Waals surface area contributed by atoms with Crippen molar-refractivity contribution in [3.63, 3.8) is 0 Å². The maximum absolute atomic E-state index is 11.3. The van der Waals surface area contributed by atoms with E-state index >= 15 is 0 Å². The van der Waals surface area contributed by atoms with Crippen molar-refractivity contribution < 1.29 is 9.84 Å². The summed E-state index contributed by atoms with van der Waals surface area (Å²) < 4.78 is 6.84. The minimum atomic E-state index is -0.730. The number of likely N-dealkylation sites (N-methyl/N-ethyl adjacent to an activating group) is 2. The van der Waals surface area contributed by atoms with Crippen LogP contribution in [0.2, 0.25) is 0 Å². The molecule has 0 amide bonds. The predicted molar refractivity (Wildman–Crippen MR) is 121 cm³/mol. The number of hydrogen-bond acceptors (Lipinski definition) is 6. The Morgan fingerprint density at radius 1 is 1.07 bits per heavy atom. The zero-order valence-electron chi connectivity index (χ0n) is 19.3. The summed E-state index contributed by atoms with van der Waals surface area (Å²) in [7, 11) is 4.00. The Kier molecular flexibility index (Phi) is 6.40. The van der Waals surface area contributed by atoms with Crippen LogP contribution in [-0.2, 0) is 4.74 Å². The molecule has 1 aliphatic heterocycles. The fourth-order valence-electron chi connectivity index (χ4n) is 6.77. The molecule has 3 aliphatic rings. The quantitative estimate of drug-likeness (QED) is 0.466. The van der Waals surface area contributed by atoms with Crippen molar-refractivity contribution in [1.82, 2.24) is 10.6 Å². The van der Waals surface area contributed by atoms with E-state index in [2.05, 4.69) is 48.5 Å². The molecule has 2 aliphatic carbocycles. The first-order chi connectivity index (χ1) is 13.4. The second kappa shape index (κ2) is 7.96. The number of isothiocyanates is 1. The SMILES string of the molecule is CNC1C2C(CCC1(C)O)C(C)(N=C=S)CCC2C1(C)CCC(C(C)(C)NC)O1. The summed E-state index contributed by atoms with van der Waals surface area (Å²) in [5.74, 6) is 1.03. The van der Waals surface area contributed by atoms with Gasteiger partial charge in [0.25, 0.3) is 0 Å². The third-order valence-electron chi connectivity index (χ3n) is 8.87. The Hall–Kier alpha value is -0.360. The van der Waals surface area contributed by atoms with Crippen LogP contribution in [0.1, 0.15) is 73.1 Å². The van der Waals surface area contributed by atoms with E-state index in [4.69, 9.17) is 17.0 Å². The van der Waals surface area contributed by atoms with Crippen molar-refractivity contribution in [1.29, 1.82) is 0 Å². The lowest BCUT2D eigenvalue weighted by atomic mass is 9.51.